The van der Waals surface area contributed by atoms with E-state index in [4.69, 9.17) is 14.4 Å². The van der Waals surface area contributed by atoms with Crippen LogP contribution < -0.4 is 4.74 Å². The van der Waals surface area contributed by atoms with Gasteiger partial charge in [-0.3, -0.25) is 0 Å². The van der Waals surface area contributed by atoms with Crippen molar-refractivity contribution in [3.63, 3.8) is 0 Å². The summed E-state index contributed by atoms with van der Waals surface area (Å²) in [4.78, 5) is 10.8. The molecule has 5 nitrogen and oxygen atoms in total. The molecule has 0 saturated heterocycles. The normalized spacial score (nSPS) is 10.8. The van der Waals surface area contributed by atoms with Crippen LogP contribution in [0.25, 0.3) is 11.3 Å². The van der Waals surface area contributed by atoms with Gasteiger partial charge in [-0.2, -0.15) is 0 Å². The third-order valence-electron chi connectivity index (χ3n) is 2.91. The maximum Gasteiger partial charge on any atom is 0.358 e. The Hall–Kier alpha value is -1.82. The van der Waals surface area contributed by atoms with E-state index in [1.165, 1.54) is 6.07 Å². The zero-order valence-corrected chi connectivity index (χ0v) is 12.9. The van der Waals surface area contributed by atoms with Crippen molar-refractivity contribution >= 4 is 21.9 Å². The Balaban J connectivity index is 2.54. The number of rotatable bonds is 4. The number of nitrogens with zero attached hydrogens (tertiary/aromatic N) is 1. The fraction of sp³-hybridized carbons (Fsp3) is 0.286. The van der Waals surface area contributed by atoms with Crippen molar-refractivity contribution < 1.29 is 19.2 Å². The average Bonchev–Trinajstić information content (AvgIpc) is 2.87. The van der Waals surface area contributed by atoms with E-state index in [2.05, 4.69) is 34.9 Å². The lowest BCUT2D eigenvalue weighted by Crippen LogP contribution is -1.96. The highest BCUT2D eigenvalue weighted by atomic mass is 79.9. The molecule has 1 aromatic carbocycles. The first-order chi connectivity index (χ1) is 9.43. The number of hydrogen-bond donors (Lipinski definition) is 1. The molecule has 1 heterocycles. The predicted octanol–water partition coefficient (Wildman–Crippen LogP) is 3.93. The highest BCUT2D eigenvalue weighted by molar-refractivity contribution is 9.10. The van der Waals surface area contributed by atoms with Gasteiger partial charge in [-0.1, -0.05) is 19.0 Å². The molecule has 2 aromatic rings. The van der Waals surface area contributed by atoms with Crippen molar-refractivity contribution in [1.29, 1.82) is 0 Å². The average molecular weight is 340 g/mol. The van der Waals surface area contributed by atoms with Crippen LogP contribution >= 0.6 is 15.9 Å². The third-order valence-corrected chi connectivity index (χ3v) is 3.50. The van der Waals surface area contributed by atoms with Crippen molar-refractivity contribution in [2.45, 2.75) is 19.8 Å². The van der Waals surface area contributed by atoms with Gasteiger partial charge in [0.1, 0.15) is 5.75 Å². The number of methoxy groups -OCH3 is 1. The van der Waals surface area contributed by atoms with Crippen LogP contribution in [0.1, 0.15) is 35.8 Å². The number of benzene rings is 1. The van der Waals surface area contributed by atoms with Gasteiger partial charge < -0.3 is 14.4 Å². The molecule has 0 bridgehead atoms. The minimum absolute atomic E-state index is 0.113. The molecule has 2 rings (SSSR count). The Bertz CT molecular complexity index is 649. The Morgan fingerprint density at radius 2 is 2.10 bits per heavy atom. The van der Waals surface area contributed by atoms with Gasteiger partial charge in [0.05, 0.1) is 11.6 Å². The van der Waals surface area contributed by atoms with Gasteiger partial charge in [-0.25, -0.2) is 4.79 Å². The molecule has 0 radical (unpaired) electrons. The van der Waals surface area contributed by atoms with Gasteiger partial charge in [-0.05, 0) is 39.5 Å². The molecule has 0 aliphatic heterocycles. The van der Waals surface area contributed by atoms with E-state index in [0.29, 0.717) is 5.76 Å². The maximum absolute atomic E-state index is 10.8. The molecule has 1 aromatic heterocycles. The molecule has 0 amide bonds. The number of carboxylic acid groups (broad SMARTS) is 1. The van der Waals surface area contributed by atoms with Crippen LogP contribution in [-0.2, 0) is 0 Å². The van der Waals surface area contributed by atoms with Crippen molar-refractivity contribution in [2.75, 3.05) is 7.11 Å². The fourth-order valence-corrected chi connectivity index (χ4v) is 2.55. The summed E-state index contributed by atoms with van der Waals surface area (Å²) in [6.07, 6.45) is 0. The van der Waals surface area contributed by atoms with Crippen molar-refractivity contribution in [2.24, 2.45) is 0 Å². The van der Waals surface area contributed by atoms with Crippen LogP contribution in [-0.4, -0.2) is 23.3 Å². The monoisotopic (exact) mass is 339 g/mol. The summed E-state index contributed by atoms with van der Waals surface area (Å²) in [6.45, 7) is 4.11. The summed E-state index contributed by atoms with van der Waals surface area (Å²) in [5.41, 5.74) is 1.64. The van der Waals surface area contributed by atoms with Crippen molar-refractivity contribution in [1.82, 2.24) is 5.16 Å². The van der Waals surface area contributed by atoms with Crippen molar-refractivity contribution in [3.05, 3.63) is 33.9 Å². The minimum atomic E-state index is -1.11. The smallest absolute Gasteiger partial charge is 0.358 e. The number of ether oxygens (including phenoxy) is 1. The van der Waals surface area contributed by atoms with E-state index >= 15 is 0 Å². The summed E-state index contributed by atoms with van der Waals surface area (Å²) < 4.78 is 11.3. The quantitative estimate of drug-likeness (QED) is 0.913. The molecule has 6 heteroatoms. The minimum Gasteiger partial charge on any atom is -0.495 e. The van der Waals surface area contributed by atoms with Crippen molar-refractivity contribution in [3.8, 4) is 17.1 Å². The first-order valence-electron chi connectivity index (χ1n) is 6.01. The second-order valence-corrected chi connectivity index (χ2v) is 5.47. The van der Waals surface area contributed by atoms with Crippen LogP contribution in [0.2, 0.25) is 0 Å². The van der Waals surface area contributed by atoms with E-state index in [-0.39, 0.29) is 11.6 Å². The number of halogens is 1. The van der Waals surface area contributed by atoms with Gasteiger partial charge in [0, 0.05) is 11.6 Å². The molecule has 0 saturated carbocycles. The summed E-state index contributed by atoms with van der Waals surface area (Å²) in [5, 5.41) is 12.4. The van der Waals surface area contributed by atoms with Gasteiger partial charge in [-0.15, -0.1) is 0 Å². The van der Waals surface area contributed by atoms with E-state index in [1.807, 2.05) is 12.1 Å². The lowest BCUT2D eigenvalue weighted by Gasteiger charge is -2.14. The molecule has 0 aliphatic rings. The first kappa shape index (κ1) is 14.6. The second-order valence-electron chi connectivity index (χ2n) is 4.62. The van der Waals surface area contributed by atoms with E-state index in [9.17, 15) is 4.79 Å². The zero-order chi connectivity index (χ0) is 14.9. The highest BCUT2D eigenvalue weighted by Crippen LogP contribution is 2.38. The first-order valence-corrected chi connectivity index (χ1v) is 6.81. The summed E-state index contributed by atoms with van der Waals surface area (Å²) >= 11 is 3.46. The van der Waals surface area contributed by atoms with E-state index < -0.39 is 5.97 Å². The fourth-order valence-electron chi connectivity index (χ4n) is 1.91. The van der Waals surface area contributed by atoms with Gasteiger partial charge in [0.2, 0.25) is 0 Å². The second kappa shape index (κ2) is 5.66. The molecule has 20 heavy (non-hydrogen) atoms. The number of carbonyl (C=O) groups is 1. The van der Waals surface area contributed by atoms with Gasteiger partial charge in [0.25, 0.3) is 0 Å². The molecule has 0 aliphatic carbocycles. The number of aromatic nitrogens is 1. The zero-order valence-electron chi connectivity index (χ0n) is 11.3. The summed E-state index contributed by atoms with van der Waals surface area (Å²) in [6, 6.07) is 5.14. The largest absolute Gasteiger partial charge is 0.495 e. The highest BCUT2D eigenvalue weighted by Gasteiger charge is 2.17. The summed E-state index contributed by atoms with van der Waals surface area (Å²) in [7, 11) is 1.61. The number of aromatic carboxylic acids is 1. The van der Waals surface area contributed by atoms with E-state index in [1.54, 1.807) is 7.11 Å². The number of hydrogen-bond acceptors (Lipinski definition) is 4. The Morgan fingerprint density at radius 3 is 2.60 bits per heavy atom. The van der Waals surface area contributed by atoms with Crippen LogP contribution in [0.15, 0.2) is 27.2 Å². The van der Waals surface area contributed by atoms with Gasteiger partial charge in [0.15, 0.2) is 11.5 Å². The maximum atomic E-state index is 10.8. The SMILES string of the molecule is COc1c(Br)cc(-c2cc(C(=O)O)no2)cc1C(C)C. The Labute approximate surface area is 124 Å². The number of carboxylic acids is 1. The lowest BCUT2D eigenvalue weighted by molar-refractivity contribution is 0.0686. The third kappa shape index (κ3) is 2.70. The van der Waals surface area contributed by atoms with Crippen LogP contribution in [0.4, 0.5) is 0 Å². The van der Waals surface area contributed by atoms with Crippen LogP contribution in [0, 0.1) is 0 Å². The van der Waals surface area contributed by atoms with Crippen LogP contribution in [0.3, 0.4) is 0 Å². The summed E-state index contributed by atoms with van der Waals surface area (Å²) in [5.74, 6) is 0.314. The van der Waals surface area contributed by atoms with Gasteiger partial charge >= 0.3 is 5.97 Å². The molecular weight excluding hydrogens is 326 g/mol. The lowest BCUT2D eigenvalue weighted by atomic mass is 9.98. The molecule has 0 unspecified atom stereocenters. The van der Waals surface area contributed by atoms with E-state index in [0.717, 1.165) is 21.3 Å². The Kier molecular flexibility index (Phi) is 4.13. The predicted molar refractivity (Wildman–Crippen MR) is 77.2 cm³/mol. The van der Waals surface area contributed by atoms with Crippen LogP contribution in [0.5, 0.6) is 5.75 Å². The molecule has 1 N–H and O–H groups in total. The Morgan fingerprint density at radius 1 is 1.40 bits per heavy atom. The topological polar surface area (TPSA) is 72.6 Å². The molecular formula is C14H14BrNO4. The molecule has 0 fully saturated rings. The molecule has 106 valence electrons. The standard InChI is InChI=1S/C14H14BrNO4/c1-7(2)9-4-8(5-10(15)13(9)19-3)12-6-11(14(17)18)16-20-12/h4-7H,1-3H3,(H,17,18). The molecule has 0 spiro atoms. The molecule has 0 atom stereocenters.